The van der Waals surface area contributed by atoms with Crippen LogP contribution in [0.25, 0.3) is 5.65 Å². The summed E-state index contributed by atoms with van der Waals surface area (Å²) in [6.45, 7) is 2.11. The third kappa shape index (κ3) is 3.72. The molecular weight excluding hydrogens is 326 g/mol. The summed E-state index contributed by atoms with van der Waals surface area (Å²) in [4.78, 5) is 17.6. The highest BCUT2D eigenvalue weighted by molar-refractivity contribution is 5.70. The lowest BCUT2D eigenvalue weighted by Crippen LogP contribution is -2.34. The number of rotatable bonds is 5. The van der Waals surface area contributed by atoms with E-state index < -0.39 is 5.97 Å². The average molecular weight is 349 g/mol. The van der Waals surface area contributed by atoms with Gasteiger partial charge in [0.05, 0.1) is 17.8 Å². The third-order valence-corrected chi connectivity index (χ3v) is 5.16. The van der Waals surface area contributed by atoms with Crippen molar-refractivity contribution in [2.24, 2.45) is 5.92 Å². The van der Waals surface area contributed by atoms with E-state index in [1.807, 2.05) is 16.7 Å². The zero-order valence-corrected chi connectivity index (χ0v) is 14.7. The maximum Gasteiger partial charge on any atom is 0.309 e. The molecule has 0 spiro atoms. The summed E-state index contributed by atoms with van der Waals surface area (Å²) >= 11 is 0. The molecule has 1 saturated heterocycles. The number of piperidine rings is 1. The Morgan fingerprint density at radius 1 is 1.08 bits per heavy atom. The summed E-state index contributed by atoms with van der Waals surface area (Å²) in [6, 6.07) is 14.8. The molecule has 0 saturated carbocycles. The molecule has 1 fully saturated rings. The Bertz CT molecular complexity index is 896. The van der Waals surface area contributed by atoms with Crippen LogP contribution in [0.4, 0.5) is 5.69 Å². The van der Waals surface area contributed by atoms with Gasteiger partial charge in [0.25, 0.3) is 0 Å². The van der Waals surface area contributed by atoms with Crippen molar-refractivity contribution >= 4 is 17.3 Å². The largest absolute Gasteiger partial charge is 0.481 e. The van der Waals surface area contributed by atoms with Crippen molar-refractivity contribution in [3.63, 3.8) is 0 Å². The number of anilines is 1. The molecule has 4 rings (SSSR count). The van der Waals surface area contributed by atoms with Crippen LogP contribution in [0.5, 0.6) is 0 Å². The Morgan fingerprint density at radius 2 is 1.85 bits per heavy atom. The molecule has 1 aromatic carbocycles. The standard InChI is InChI=1S/C21H23N3O2/c25-21(26)13-18-14-24-15-19(6-7-20(24)22-18)23-10-8-17(9-11-23)12-16-4-2-1-3-5-16/h1-7,14-15,17H,8-13H2,(H,25,26). The normalized spacial score (nSPS) is 15.5. The number of carboxylic acids is 1. The van der Waals surface area contributed by atoms with Crippen LogP contribution in [0.1, 0.15) is 24.1 Å². The van der Waals surface area contributed by atoms with Crippen molar-refractivity contribution in [2.75, 3.05) is 18.0 Å². The number of hydrogen-bond acceptors (Lipinski definition) is 3. The molecule has 1 aliphatic heterocycles. The lowest BCUT2D eigenvalue weighted by molar-refractivity contribution is -0.136. The summed E-state index contributed by atoms with van der Waals surface area (Å²) in [6.07, 6.45) is 7.39. The van der Waals surface area contributed by atoms with Gasteiger partial charge < -0.3 is 14.4 Å². The number of hydrogen-bond donors (Lipinski definition) is 1. The highest BCUT2D eigenvalue weighted by Gasteiger charge is 2.20. The van der Waals surface area contributed by atoms with Gasteiger partial charge >= 0.3 is 5.97 Å². The molecule has 0 bridgehead atoms. The van der Waals surface area contributed by atoms with Gasteiger partial charge in [0.2, 0.25) is 0 Å². The maximum atomic E-state index is 10.9. The first-order valence-corrected chi connectivity index (χ1v) is 9.16. The van der Waals surface area contributed by atoms with Gasteiger partial charge in [-0.2, -0.15) is 0 Å². The topological polar surface area (TPSA) is 57.8 Å². The molecule has 3 aromatic rings. The number of imidazole rings is 1. The number of carboxylic acid groups (broad SMARTS) is 1. The first-order chi connectivity index (χ1) is 12.7. The smallest absolute Gasteiger partial charge is 0.309 e. The Hall–Kier alpha value is -2.82. The van der Waals surface area contributed by atoms with Crippen LogP contribution in [-0.4, -0.2) is 33.6 Å². The van der Waals surface area contributed by atoms with Crippen LogP contribution >= 0.6 is 0 Å². The van der Waals surface area contributed by atoms with E-state index in [2.05, 4.69) is 52.5 Å². The fraction of sp³-hybridized carbons (Fsp3) is 0.333. The predicted molar refractivity (Wildman–Crippen MR) is 102 cm³/mol. The molecule has 0 atom stereocenters. The molecule has 0 aliphatic carbocycles. The number of pyridine rings is 1. The fourth-order valence-electron chi connectivity index (χ4n) is 3.80. The highest BCUT2D eigenvalue weighted by atomic mass is 16.4. The second kappa shape index (κ2) is 7.20. The van der Waals surface area contributed by atoms with Gasteiger partial charge in [-0.15, -0.1) is 0 Å². The van der Waals surface area contributed by atoms with Crippen LogP contribution in [0, 0.1) is 5.92 Å². The van der Waals surface area contributed by atoms with E-state index in [1.165, 1.54) is 24.1 Å². The predicted octanol–water partition coefficient (Wildman–Crippen LogP) is 3.42. The molecule has 2 aromatic heterocycles. The van der Waals surface area contributed by atoms with E-state index in [0.29, 0.717) is 5.69 Å². The van der Waals surface area contributed by atoms with Crippen molar-refractivity contribution in [3.05, 3.63) is 66.1 Å². The summed E-state index contributed by atoms with van der Waals surface area (Å²) in [7, 11) is 0. The zero-order valence-electron chi connectivity index (χ0n) is 14.7. The van der Waals surface area contributed by atoms with Gasteiger partial charge in [0.1, 0.15) is 5.65 Å². The number of aromatic nitrogens is 2. The van der Waals surface area contributed by atoms with E-state index in [0.717, 1.165) is 31.1 Å². The first kappa shape index (κ1) is 16.6. The van der Waals surface area contributed by atoms with Gasteiger partial charge in [-0.05, 0) is 42.9 Å². The molecule has 1 aliphatic rings. The molecular formula is C21H23N3O2. The van der Waals surface area contributed by atoms with Crippen molar-refractivity contribution in [1.29, 1.82) is 0 Å². The second-order valence-corrected chi connectivity index (χ2v) is 7.08. The first-order valence-electron chi connectivity index (χ1n) is 9.16. The average Bonchev–Trinajstić information content (AvgIpc) is 3.04. The molecule has 3 heterocycles. The van der Waals surface area contributed by atoms with Crippen molar-refractivity contribution in [2.45, 2.75) is 25.7 Å². The van der Waals surface area contributed by atoms with Crippen LogP contribution < -0.4 is 4.90 Å². The van der Waals surface area contributed by atoms with Gasteiger partial charge in [0.15, 0.2) is 0 Å². The van der Waals surface area contributed by atoms with E-state index >= 15 is 0 Å². The van der Waals surface area contributed by atoms with Crippen LogP contribution in [0.2, 0.25) is 0 Å². The lowest BCUT2D eigenvalue weighted by atomic mass is 9.90. The lowest BCUT2D eigenvalue weighted by Gasteiger charge is -2.33. The summed E-state index contributed by atoms with van der Waals surface area (Å²) < 4.78 is 1.93. The number of nitrogens with zero attached hydrogens (tertiary/aromatic N) is 3. The van der Waals surface area contributed by atoms with Gasteiger partial charge in [-0.25, -0.2) is 4.98 Å². The quantitative estimate of drug-likeness (QED) is 0.767. The molecule has 134 valence electrons. The number of benzene rings is 1. The monoisotopic (exact) mass is 349 g/mol. The summed E-state index contributed by atoms with van der Waals surface area (Å²) in [5.41, 5.74) is 3.99. The molecule has 5 heteroatoms. The van der Waals surface area contributed by atoms with E-state index in [4.69, 9.17) is 5.11 Å². The van der Waals surface area contributed by atoms with Crippen LogP contribution in [0.15, 0.2) is 54.9 Å². The van der Waals surface area contributed by atoms with Gasteiger partial charge in [0, 0.05) is 25.5 Å². The molecule has 26 heavy (non-hydrogen) atoms. The SMILES string of the molecule is O=C(O)Cc1cn2cc(N3CCC(Cc4ccccc4)CC3)ccc2n1. The highest BCUT2D eigenvalue weighted by Crippen LogP contribution is 2.26. The Labute approximate surface area is 152 Å². The Kier molecular flexibility index (Phi) is 4.61. The number of aliphatic carboxylic acids is 1. The molecule has 1 N–H and O–H groups in total. The molecule has 0 unspecified atom stereocenters. The van der Waals surface area contributed by atoms with Crippen LogP contribution in [0.3, 0.4) is 0 Å². The van der Waals surface area contributed by atoms with E-state index in [9.17, 15) is 4.79 Å². The minimum absolute atomic E-state index is 0.0398. The number of carbonyl (C=O) groups is 1. The third-order valence-electron chi connectivity index (χ3n) is 5.16. The molecule has 5 nitrogen and oxygen atoms in total. The number of fused-ring (bicyclic) bond motifs is 1. The molecule has 0 amide bonds. The Balaban J connectivity index is 1.41. The zero-order chi connectivity index (χ0) is 17.9. The van der Waals surface area contributed by atoms with Gasteiger partial charge in [-0.3, -0.25) is 4.79 Å². The molecule has 0 radical (unpaired) electrons. The second-order valence-electron chi connectivity index (χ2n) is 7.08. The van der Waals surface area contributed by atoms with Crippen molar-refractivity contribution in [1.82, 2.24) is 9.38 Å². The van der Waals surface area contributed by atoms with Gasteiger partial charge in [-0.1, -0.05) is 30.3 Å². The minimum atomic E-state index is -0.853. The van der Waals surface area contributed by atoms with Crippen LogP contribution in [-0.2, 0) is 17.6 Å². The van der Waals surface area contributed by atoms with E-state index in [1.54, 1.807) is 0 Å². The minimum Gasteiger partial charge on any atom is -0.481 e. The van der Waals surface area contributed by atoms with E-state index in [-0.39, 0.29) is 6.42 Å². The summed E-state index contributed by atoms with van der Waals surface area (Å²) in [5.74, 6) is -0.109. The van der Waals surface area contributed by atoms with Crippen molar-refractivity contribution < 1.29 is 9.90 Å². The van der Waals surface area contributed by atoms with Crippen molar-refractivity contribution in [3.8, 4) is 0 Å². The fourth-order valence-corrected chi connectivity index (χ4v) is 3.80. The Morgan fingerprint density at radius 3 is 2.58 bits per heavy atom. The maximum absolute atomic E-state index is 10.9. The summed E-state index contributed by atoms with van der Waals surface area (Å²) in [5, 5.41) is 8.92.